The first-order valence-corrected chi connectivity index (χ1v) is 19.2. The molecule has 2 aromatic carbocycles. The lowest BCUT2D eigenvalue weighted by Gasteiger charge is -2.46. The van der Waals surface area contributed by atoms with Gasteiger partial charge in [-0.15, -0.1) is 5.10 Å². The van der Waals surface area contributed by atoms with E-state index in [9.17, 15) is 27.6 Å². The van der Waals surface area contributed by atoms with Crippen LogP contribution in [-0.2, 0) is 35.3 Å². The van der Waals surface area contributed by atoms with Crippen LogP contribution in [0.25, 0.3) is 11.4 Å². The van der Waals surface area contributed by atoms with Gasteiger partial charge >= 0.3 is 6.18 Å². The van der Waals surface area contributed by atoms with Crippen molar-refractivity contribution in [3.05, 3.63) is 110 Å². The van der Waals surface area contributed by atoms with E-state index < -0.39 is 35.3 Å². The molecule has 0 aliphatic carbocycles. The zero-order chi connectivity index (χ0) is 41.3. The van der Waals surface area contributed by atoms with Crippen molar-refractivity contribution in [2.45, 2.75) is 71.9 Å². The number of hydrogen-bond donors (Lipinski definition) is 1. The summed E-state index contributed by atoms with van der Waals surface area (Å²) in [5.41, 5.74) is 1.68. The van der Waals surface area contributed by atoms with Crippen molar-refractivity contribution in [1.82, 2.24) is 34.0 Å². The fraction of sp³-hybridized carbons (Fsp3) is 0.375. The summed E-state index contributed by atoms with van der Waals surface area (Å²) in [5, 5.41) is 6.94. The normalized spacial score (nSPS) is 17.3. The molecule has 0 radical (unpaired) electrons. The van der Waals surface area contributed by atoms with Crippen LogP contribution in [0.1, 0.15) is 66.0 Å². The molecule has 2 aliphatic rings. The van der Waals surface area contributed by atoms with E-state index in [1.165, 1.54) is 10.8 Å². The second kappa shape index (κ2) is 16.6. The van der Waals surface area contributed by atoms with Crippen molar-refractivity contribution in [1.29, 1.82) is 0 Å². The molecular weight excluding hydrogens is 779 g/mol. The van der Waals surface area contributed by atoms with E-state index in [-0.39, 0.29) is 72.2 Å². The SMILES string of the molecule is CCc1c(N2CCN(C(=O)c3ncnc(C)c3OCc3ccccc3)[C@@H](C)[C@H]2C)c(=O)n2nc(C3=CCOCC3)nc2n1CC(=O)Nc1ccc(C(F)(F)F)cc1Cl. The molecular formula is C40H41ClF3N9O5. The average molecular weight is 820 g/mol. The Morgan fingerprint density at radius 3 is 2.53 bits per heavy atom. The third kappa shape index (κ3) is 8.00. The molecule has 0 saturated carbocycles. The maximum Gasteiger partial charge on any atom is 0.416 e. The molecule has 1 N–H and O–H groups in total. The number of benzene rings is 2. The third-order valence-corrected chi connectivity index (χ3v) is 10.8. The monoisotopic (exact) mass is 819 g/mol. The van der Waals surface area contributed by atoms with Crippen molar-refractivity contribution in [2.75, 3.05) is 36.5 Å². The van der Waals surface area contributed by atoms with Crippen molar-refractivity contribution >= 4 is 46.1 Å². The molecule has 5 aromatic rings. The first-order chi connectivity index (χ1) is 27.8. The summed E-state index contributed by atoms with van der Waals surface area (Å²) in [6.07, 6.45) is -0.644. The molecule has 1 fully saturated rings. The van der Waals surface area contributed by atoms with Gasteiger partial charge in [-0.3, -0.25) is 14.4 Å². The number of ether oxygens (including phenoxy) is 2. The minimum absolute atomic E-state index is 0.0136. The predicted molar refractivity (Wildman–Crippen MR) is 210 cm³/mol. The fourth-order valence-electron chi connectivity index (χ4n) is 7.29. The number of hydrogen-bond acceptors (Lipinski definition) is 10. The minimum atomic E-state index is -4.62. The lowest BCUT2D eigenvalue weighted by molar-refractivity contribution is -0.137. The zero-order valence-electron chi connectivity index (χ0n) is 32.2. The van der Waals surface area contributed by atoms with Gasteiger partial charge in [-0.25, -0.2) is 9.97 Å². The van der Waals surface area contributed by atoms with Gasteiger partial charge in [0.15, 0.2) is 17.3 Å². The lowest BCUT2D eigenvalue weighted by atomic mass is 10.0. The van der Waals surface area contributed by atoms with Gasteiger partial charge in [0, 0.05) is 25.2 Å². The number of amides is 2. The van der Waals surface area contributed by atoms with Gasteiger partial charge in [-0.05, 0) is 62.9 Å². The van der Waals surface area contributed by atoms with Gasteiger partial charge < -0.3 is 29.2 Å². The molecule has 58 heavy (non-hydrogen) atoms. The van der Waals surface area contributed by atoms with E-state index in [0.717, 1.165) is 29.3 Å². The largest absolute Gasteiger partial charge is 0.485 e. The van der Waals surface area contributed by atoms with Gasteiger partial charge in [0.2, 0.25) is 11.7 Å². The molecule has 0 bridgehead atoms. The summed E-state index contributed by atoms with van der Waals surface area (Å²) in [4.78, 5) is 59.5. The second-order valence-electron chi connectivity index (χ2n) is 14.1. The molecule has 18 heteroatoms. The van der Waals surface area contributed by atoms with Crippen molar-refractivity contribution in [2.24, 2.45) is 0 Å². The summed E-state index contributed by atoms with van der Waals surface area (Å²) in [6, 6.07) is 11.4. The number of nitrogens with one attached hydrogen (secondary N) is 1. The molecule has 0 spiro atoms. The number of piperazine rings is 1. The highest BCUT2D eigenvalue weighted by molar-refractivity contribution is 6.33. The quantitative estimate of drug-likeness (QED) is 0.178. The zero-order valence-corrected chi connectivity index (χ0v) is 33.0. The fourth-order valence-corrected chi connectivity index (χ4v) is 7.52. The van der Waals surface area contributed by atoms with E-state index in [1.54, 1.807) is 16.4 Å². The molecule has 2 amide bonds. The molecule has 304 valence electrons. The van der Waals surface area contributed by atoms with Gasteiger partial charge in [0.05, 0.1) is 40.9 Å². The maximum absolute atomic E-state index is 14.6. The molecule has 0 unspecified atom stereocenters. The number of anilines is 2. The highest BCUT2D eigenvalue weighted by Gasteiger charge is 2.39. The van der Waals surface area contributed by atoms with Crippen LogP contribution in [0.5, 0.6) is 5.75 Å². The van der Waals surface area contributed by atoms with Crippen molar-refractivity contribution < 1.29 is 32.2 Å². The van der Waals surface area contributed by atoms with Gasteiger partial charge in [-0.2, -0.15) is 22.7 Å². The summed E-state index contributed by atoms with van der Waals surface area (Å²) >= 11 is 6.18. The van der Waals surface area contributed by atoms with E-state index in [1.807, 2.05) is 62.1 Å². The van der Waals surface area contributed by atoms with E-state index in [4.69, 9.17) is 26.1 Å². The molecule has 5 heterocycles. The Labute approximate surface area is 336 Å². The second-order valence-corrected chi connectivity index (χ2v) is 14.5. The Bertz CT molecular complexity index is 2450. The number of aryl methyl sites for hydroxylation is 1. The van der Waals surface area contributed by atoms with Crippen LogP contribution < -0.4 is 20.5 Å². The molecule has 7 rings (SSSR count). The van der Waals surface area contributed by atoms with Crippen LogP contribution in [0.4, 0.5) is 24.5 Å². The maximum atomic E-state index is 14.6. The number of alkyl halides is 3. The smallest absolute Gasteiger partial charge is 0.416 e. The van der Waals surface area contributed by atoms with Crippen LogP contribution >= 0.6 is 11.6 Å². The molecule has 2 aliphatic heterocycles. The van der Waals surface area contributed by atoms with Crippen LogP contribution in [0, 0.1) is 6.92 Å². The Kier molecular flexibility index (Phi) is 11.5. The Hall–Kier alpha value is -5.81. The van der Waals surface area contributed by atoms with Crippen LogP contribution in [0.3, 0.4) is 0 Å². The summed E-state index contributed by atoms with van der Waals surface area (Å²) in [6.45, 7) is 8.50. The first kappa shape index (κ1) is 40.4. The number of aromatic nitrogens is 6. The van der Waals surface area contributed by atoms with Gasteiger partial charge in [-0.1, -0.05) is 54.9 Å². The van der Waals surface area contributed by atoms with E-state index >= 15 is 0 Å². The first-order valence-electron chi connectivity index (χ1n) is 18.8. The Balaban J connectivity index is 1.22. The molecule has 1 saturated heterocycles. The number of halogens is 4. The number of carbonyl (C=O) groups excluding carboxylic acids is 2. The molecule has 2 atom stereocenters. The molecule has 14 nitrogen and oxygen atoms in total. The standard InChI is InChI=1S/C40H41ClF3N9O5/c1-5-31-34(50-15-16-51(25(4)24(50)3)37(55)33-35(23(2)45-22-46-33)58-21-26-9-7-6-8-10-26)38(56)53-39(48-36(49-53)27-13-17-57-18-14-27)52(31)20-32(54)47-30-12-11-28(19-29(30)41)40(42,43)44/h6-13,19,22,24-25H,5,14-18,20-21H2,1-4H3,(H,47,54)/t24-,25+/m1/s1. The van der Waals surface area contributed by atoms with E-state index in [0.29, 0.717) is 36.8 Å². The van der Waals surface area contributed by atoms with Crippen LogP contribution in [0.15, 0.2) is 65.7 Å². The average Bonchev–Trinajstić information content (AvgIpc) is 3.67. The lowest BCUT2D eigenvalue weighted by Crippen LogP contribution is -2.60. The summed E-state index contributed by atoms with van der Waals surface area (Å²) < 4.78 is 54.3. The van der Waals surface area contributed by atoms with Crippen LogP contribution in [-0.4, -0.2) is 84.2 Å². The number of fused-ring (bicyclic) bond motifs is 1. The predicted octanol–water partition coefficient (Wildman–Crippen LogP) is 5.98. The number of carbonyl (C=O) groups is 2. The Morgan fingerprint density at radius 2 is 1.84 bits per heavy atom. The highest BCUT2D eigenvalue weighted by Crippen LogP contribution is 2.34. The van der Waals surface area contributed by atoms with Crippen LogP contribution in [0.2, 0.25) is 5.02 Å². The van der Waals surface area contributed by atoms with Gasteiger partial charge in [0.1, 0.15) is 25.2 Å². The summed E-state index contributed by atoms with van der Waals surface area (Å²) in [7, 11) is 0. The topological polar surface area (TPSA) is 149 Å². The van der Waals surface area contributed by atoms with Crippen molar-refractivity contribution in [3.8, 4) is 5.75 Å². The summed E-state index contributed by atoms with van der Waals surface area (Å²) in [5.74, 6) is -0.261. The third-order valence-electron chi connectivity index (χ3n) is 10.5. The minimum Gasteiger partial charge on any atom is -0.485 e. The number of rotatable bonds is 10. The van der Waals surface area contributed by atoms with Crippen molar-refractivity contribution in [3.63, 3.8) is 0 Å². The highest BCUT2D eigenvalue weighted by atomic mass is 35.5. The molecule has 3 aromatic heterocycles. The Morgan fingerprint density at radius 1 is 1.07 bits per heavy atom. The van der Waals surface area contributed by atoms with Gasteiger partial charge in [0.25, 0.3) is 11.5 Å². The van der Waals surface area contributed by atoms with E-state index in [2.05, 4.69) is 20.4 Å². The number of nitrogens with zero attached hydrogens (tertiary/aromatic N) is 8.